The van der Waals surface area contributed by atoms with E-state index in [4.69, 9.17) is 11.6 Å². The van der Waals surface area contributed by atoms with Gasteiger partial charge in [-0.15, -0.1) is 0 Å². The van der Waals surface area contributed by atoms with Crippen molar-refractivity contribution in [3.63, 3.8) is 0 Å². The zero-order chi connectivity index (χ0) is 16.9. The Bertz CT molecular complexity index is 560. The molecule has 0 spiro atoms. The molecule has 0 radical (unpaired) electrons. The van der Waals surface area contributed by atoms with Crippen LogP contribution in [-0.2, 0) is 11.2 Å². The molecule has 3 N–H and O–H groups in total. The molecule has 6 heteroatoms. The first-order valence-electron chi connectivity index (χ1n) is 8.93. The number of carbonyl (C=O) groups excluding carboxylic acids is 1. The van der Waals surface area contributed by atoms with Crippen molar-refractivity contribution in [1.82, 2.24) is 21.1 Å². The van der Waals surface area contributed by atoms with Crippen LogP contribution in [0.15, 0.2) is 24.3 Å². The second kappa shape index (κ2) is 8.30. The summed E-state index contributed by atoms with van der Waals surface area (Å²) in [7, 11) is 0. The van der Waals surface area contributed by atoms with Gasteiger partial charge in [0.25, 0.3) is 0 Å². The molecule has 2 fully saturated rings. The second-order valence-corrected chi connectivity index (χ2v) is 7.23. The molecule has 132 valence electrons. The summed E-state index contributed by atoms with van der Waals surface area (Å²) in [6.45, 7) is 4.89. The predicted octanol–water partition coefficient (Wildman–Crippen LogP) is 1.92. The number of hydrazine groups is 1. The summed E-state index contributed by atoms with van der Waals surface area (Å²) >= 11 is 6.05. The molecule has 2 saturated heterocycles. The minimum Gasteiger partial charge on any atom is -0.339 e. The number of hydrogen-bond acceptors (Lipinski definition) is 4. The van der Waals surface area contributed by atoms with Gasteiger partial charge in [0.1, 0.15) is 6.04 Å². The van der Waals surface area contributed by atoms with Crippen molar-refractivity contribution < 1.29 is 4.79 Å². The number of carbonyl (C=O) groups is 1. The Morgan fingerprint density at radius 3 is 2.92 bits per heavy atom. The second-order valence-electron chi connectivity index (χ2n) is 6.80. The summed E-state index contributed by atoms with van der Waals surface area (Å²) in [5.74, 6) is 0.702. The lowest BCUT2D eigenvalue weighted by Crippen LogP contribution is -2.54. The van der Waals surface area contributed by atoms with Crippen molar-refractivity contribution in [3.05, 3.63) is 34.9 Å². The minimum atomic E-state index is -0.0871. The topological polar surface area (TPSA) is 56.4 Å². The molecule has 3 rings (SSSR count). The van der Waals surface area contributed by atoms with Crippen LogP contribution in [0.3, 0.4) is 0 Å². The van der Waals surface area contributed by atoms with Crippen LogP contribution in [-0.4, -0.2) is 42.8 Å². The molecule has 3 atom stereocenters. The zero-order valence-electron chi connectivity index (χ0n) is 14.2. The SMILES string of the molecule is CCN1CCC(C(=O)NC2CCC(Cc3cccc(Cl)c3)CN2)N1. The summed E-state index contributed by atoms with van der Waals surface area (Å²) in [5, 5.41) is 9.51. The van der Waals surface area contributed by atoms with E-state index in [2.05, 4.69) is 34.1 Å². The molecule has 0 aromatic heterocycles. The van der Waals surface area contributed by atoms with Gasteiger partial charge in [0.15, 0.2) is 0 Å². The van der Waals surface area contributed by atoms with Crippen LogP contribution in [0, 0.1) is 5.92 Å². The van der Waals surface area contributed by atoms with Crippen LogP contribution in [0.4, 0.5) is 0 Å². The van der Waals surface area contributed by atoms with E-state index in [1.54, 1.807) is 0 Å². The van der Waals surface area contributed by atoms with Gasteiger partial charge in [-0.3, -0.25) is 10.1 Å². The van der Waals surface area contributed by atoms with Crippen molar-refractivity contribution in [2.45, 2.75) is 44.8 Å². The van der Waals surface area contributed by atoms with E-state index in [1.807, 2.05) is 18.2 Å². The maximum absolute atomic E-state index is 12.3. The van der Waals surface area contributed by atoms with Gasteiger partial charge >= 0.3 is 0 Å². The highest BCUT2D eigenvalue weighted by Crippen LogP contribution is 2.20. The first-order chi connectivity index (χ1) is 11.6. The number of amides is 1. The summed E-state index contributed by atoms with van der Waals surface area (Å²) in [6, 6.07) is 8.00. The summed E-state index contributed by atoms with van der Waals surface area (Å²) in [6.07, 6.45) is 4.09. The normalized spacial score (nSPS) is 28.0. The van der Waals surface area contributed by atoms with Gasteiger partial charge < -0.3 is 5.32 Å². The molecule has 2 heterocycles. The van der Waals surface area contributed by atoms with Crippen molar-refractivity contribution in [1.29, 1.82) is 0 Å². The Labute approximate surface area is 149 Å². The van der Waals surface area contributed by atoms with E-state index in [0.29, 0.717) is 5.92 Å². The fourth-order valence-corrected chi connectivity index (χ4v) is 3.77. The highest BCUT2D eigenvalue weighted by atomic mass is 35.5. The average Bonchev–Trinajstić information content (AvgIpc) is 3.06. The molecule has 3 unspecified atom stereocenters. The van der Waals surface area contributed by atoms with Crippen LogP contribution >= 0.6 is 11.6 Å². The Balaban J connectivity index is 1.41. The van der Waals surface area contributed by atoms with Crippen LogP contribution in [0.5, 0.6) is 0 Å². The molecular formula is C18H27ClN4O. The van der Waals surface area contributed by atoms with E-state index in [9.17, 15) is 4.79 Å². The molecular weight excluding hydrogens is 324 g/mol. The number of piperidine rings is 1. The van der Waals surface area contributed by atoms with Crippen molar-refractivity contribution in [3.8, 4) is 0 Å². The maximum Gasteiger partial charge on any atom is 0.239 e. The Morgan fingerprint density at radius 1 is 1.38 bits per heavy atom. The van der Waals surface area contributed by atoms with Gasteiger partial charge in [-0.05, 0) is 49.3 Å². The molecule has 24 heavy (non-hydrogen) atoms. The molecule has 0 aliphatic carbocycles. The van der Waals surface area contributed by atoms with Gasteiger partial charge in [-0.25, -0.2) is 10.4 Å². The monoisotopic (exact) mass is 350 g/mol. The van der Waals surface area contributed by atoms with Gasteiger partial charge in [0.2, 0.25) is 5.91 Å². The first kappa shape index (κ1) is 17.7. The van der Waals surface area contributed by atoms with Crippen molar-refractivity contribution in [2.75, 3.05) is 19.6 Å². The molecule has 0 saturated carbocycles. The molecule has 1 aromatic rings. The van der Waals surface area contributed by atoms with Gasteiger partial charge in [0.05, 0.1) is 6.17 Å². The van der Waals surface area contributed by atoms with Crippen molar-refractivity contribution in [2.24, 2.45) is 5.92 Å². The molecule has 1 aromatic carbocycles. The van der Waals surface area contributed by atoms with Gasteiger partial charge in [0, 0.05) is 24.7 Å². The molecule has 0 bridgehead atoms. The quantitative estimate of drug-likeness (QED) is 0.759. The Hall–Kier alpha value is -1.14. The lowest BCUT2D eigenvalue weighted by molar-refractivity contribution is -0.124. The highest BCUT2D eigenvalue weighted by Gasteiger charge is 2.29. The Kier molecular flexibility index (Phi) is 6.11. The number of nitrogens with zero attached hydrogens (tertiary/aromatic N) is 1. The lowest BCUT2D eigenvalue weighted by atomic mass is 9.91. The fourth-order valence-electron chi connectivity index (χ4n) is 3.56. The van der Waals surface area contributed by atoms with Crippen LogP contribution < -0.4 is 16.1 Å². The third-order valence-electron chi connectivity index (χ3n) is 4.97. The average molecular weight is 351 g/mol. The summed E-state index contributed by atoms with van der Waals surface area (Å²) in [5.41, 5.74) is 4.54. The smallest absolute Gasteiger partial charge is 0.239 e. The Morgan fingerprint density at radius 2 is 2.25 bits per heavy atom. The summed E-state index contributed by atoms with van der Waals surface area (Å²) < 4.78 is 0. The first-order valence-corrected chi connectivity index (χ1v) is 9.31. The molecule has 2 aliphatic heterocycles. The molecule has 1 amide bonds. The highest BCUT2D eigenvalue weighted by molar-refractivity contribution is 6.30. The molecule has 2 aliphatic rings. The zero-order valence-corrected chi connectivity index (χ0v) is 15.0. The van der Waals surface area contributed by atoms with E-state index in [1.165, 1.54) is 5.56 Å². The van der Waals surface area contributed by atoms with Crippen LogP contribution in [0.2, 0.25) is 5.02 Å². The van der Waals surface area contributed by atoms with Gasteiger partial charge in [-0.2, -0.15) is 0 Å². The maximum atomic E-state index is 12.3. The van der Waals surface area contributed by atoms with E-state index in [0.717, 1.165) is 50.3 Å². The number of benzene rings is 1. The summed E-state index contributed by atoms with van der Waals surface area (Å²) in [4.78, 5) is 12.3. The van der Waals surface area contributed by atoms with Crippen LogP contribution in [0.25, 0.3) is 0 Å². The lowest BCUT2D eigenvalue weighted by Gasteiger charge is -2.31. The largest absolute Gasteiger partial charge is 0.339 e. The number of rotatable bonds is 5. The van der Waals surface area contributed by atoms with Gasteiger partial charge in [-0.1, -0.05) is 30.7 Å². The van der Waals surface area contributed by atoms with Crippen molar-refractivity contribution >= 4 is 17.5 Å². The van der Waals surface area contributed by atoms with E-state index in [-0.39, 0.29) is 18.1 Å². The fraction of sp³-hybridized carbons (Fsp3) is 0.611. The number of hydrogen-bond donors (Lipinski definition) is 3. The van der Waals surface area contributed by atoms with E-state index < -0.39 is 0 Å². The number of halogens is 1. The number of nitrogens with one attached hydrogen (secondary N) is 3. The standard InChI is InChI=1S/C18H27ClN4O/c1-2-23-9-8-16(22-23)18(24)21-17-7-6-14(12-20-17)10-13-4-3-5-15(19)11-13/h3-5,11,14,16-17,20,22H,2,6-10,12H2,1H3,(H,21,24). The third-order valence-corrected chi connectivity index (χ3v) is 5.21. The van der Waals surface area contributed by atoms with E-state index >= 15 is 0 Å². The minimum absolute atomic E-state index is 0.0871. The third kappa shape index (κ3) is 4.70. The van der Waals surface area contributed by atoms with Crippen LogP contribution in [0.1, 0.15) is 31.7 Å². The molecule has 5 nitrogen and oxygen atoms in total. The predicted molar refractivity (Wildman–Crippen MR) is 96.6 cm³/mol.